The van der Waals surface area contributed by atoms with Crippen molar-refractivity contribution in [2.24, 2.45) is 11.8 Å². The van der Waals surface area contributed by atoms with Crippen LogP contribution in [-0.2, 0) is 14.4 Å². The van der Waals surface area contributed by atoms with Gasteiger partial charge in [0, 0.05) is 61.6 Å². The Labute approximate surface area is 282 Å². The standard InChI is InChI=1S/C37H46N4O5S/c1-4-38(5-2)26-13-15-27(16-14-26)40-24-11-21-37-32(35(44)41(33(37)36(40)45)22-8-7-9-25-42)31-30(47-37)12-10-23-39(34(31)43)28-17-19-29(20-18-28)46-6-3/h10-21,30-33,42H,4-9,22-25H2,1-3H3/t30-,31+,32-,33?,37-/m0/s1. The third kappa shape index (κ3) is 5.95. The molecule has 6 rings (SSSR count). The number of carbonyl (C=O) groups is 3. The maximum Gasteiger partial charge on any atom is 0.251 e. The number of benzene rings is 2. The summed E-state index contributed by atoms with van der Waals surface area (Å²) >= 11 is 1.60. The number of likely N-dealkylation sites (tertiary alicyclic amines) is 1. The van der Waals surface area contributed by atoms with Crippen molar-refractivity contribution in [3.63, 3.8) is 0 Å². The summed E-state index contributed by atoms with van der Waals surface area (Å²) in [5.74, 6) is -0.895. The van der Waals surface area contributed by atoms with Crippen LogP contribution in [0.1, 0.15) is 40.0 Å². The van der Waals surface area contributed by atoms with Crippen LogP contribution in [0.4, 0.5) is 17.1 Å². The van der Waals surface area contributed by atoms with E-state index in [4.69, 9.17) is 4.74 Å². The molecule has 5 atom stereocenters. The van der Waals surface area contributed by atoms with E-state index >= 15 is 0 Å². The number of hydrogen-bond donors (Lipinski definition) is 1. The van der Waals surface area contributed by atoms with Gasteiger partial charge in [-0.1, -0.05) is 24.3 Å². The number of unbranched alkanes of at least 4 members (excludes halogenated alkanes) is 2. The third-order valence-electron chi connectivity index (χ3n) is 9.97. The van der Waals surface area contributed by atoms with Crippen LogP contribution in [-0.4, -0.2) is 89.7 Å². The Kier molecular flexibility index (Phi) is 9.98. The summed E-state index contributed by atoms with van der Waals surface area (Å²) in [4.78, 5) is 51.5. The van der Waals surface area contributed by atoms with Crippen molar-refractivity contribution in [2.45, 2.75) is 56.1 Å². The average Bonchev–Trinajstić information content (AvgIpc) is 3.39. The Balaban J connectivity index is 1.35. The van der Waals surface area contributed by atoms with E-state index in [1.807, 2.05) is 55.5 Å². The number of rotatable bonds is 12. The highest BCUT2D eigenvalue weighted by Crippen LogP contribution is 2.61. The van der Waals surface area contributed by atoms with E-state index in [2.05, 4.69) is 43.0 Å². The number of aliphatic hydroxyl groups excluding tert-OH is 1. The smallest absolute Gasteiger partial charge is 0.251 e. The molecule has 0 bridgehead atoms. The first-order chi connectivity index (χ1) is 22.9. The molecule has 2 aromatic carbocycles. The van der Waals surface area contributed by atoms with Crippen molar-refractivity contribution in [3.05, 3.63) is 72.8 Å². The van der Waals surface area contributed by atoms with E-state index < -0.39 is 22.6 Å². The minimum Gasteiger partial charge on any atom is -0.494 e. The van der Waals surface area contributed by atoms with Gasteiger partial charge in [-0.05, 0) is 88.6 Å². The highest BCUT2D eigenvalue weighted by atomic mass is 32.2. The van der Waals surface area contributed by atoms with E-state index in [-0.39, 0.29) is 29.6 Å². The zero-order valence-electron chi connectivity index (χ0n) is 27.6. The fourth-order valence-electron chi connectivity index (χ4n) is 7.73. The fraction of sp³-hybridized carbons (Fsp3) is 0.486. The predicted octanol–water partition coefficient (Wildman–Crippen LogP) is 4.90. The van der Waals surface area contributed by atoms with Gasteiger partial charge in [0.05, 0.1) is 23.2 Å². The summed E-state index contributed by atoms with van der Waals surface area (Å²) in [6.07, 6.45) is 10.2. The van der Waals surface area contributed by atoms with Crippen LogP contribution in [0.25, 0.3) is 0 Å². The minimum absolute atomic E-state index is 0.0880. The highest BCUT2D eigenvalue weighted by molar-refractivity contribution is 8.02. The molecule has 4 aliphatic rings. The van der Waals surface area contributed by atoms with Gasteiger partial charge in [0.2, 0.25) is 11.8 Å². The molecule has 9 nitrogen and oxygen atoms in total. The van der Waals surface area contributed by atoms with Crippen LogP contribution in [0.5, 0.6) is 5.75 Å². The Morgan fingerprint density at radius 1 is 0.851 bits per heavy atom. The number of ether oxygens (including phenoxy) is 1. The van der Waals surface area contributed by atoms with Crippen LogP contribution >= 0.6 is 11.8 Å². The van der Waals surface area contributed by atoms with E-state index in [1.54, 1.807) is 26.5 Å². The molecule has 4 heterocycles. The van der Waals surface area contributed by atoms with Gasteiger partial charge in [-0.2, -0.15) is 0 Å². The summed E-state index contributed by atoms with van der Waals surface area (Å²) in [5.41, 5.74) is 2.64. The van der Waals surface area contributed by atoms with Gasteiger partial charge in [0.25, 0.3) is 5.91 Å². The lowest BCUT2D eigenvalue weighted by molar-refractivity contribution is -0.138. The monoisotopic (exact) mass is 658 g/mol. The SMILES string of the molecule is CCOc1ccc(N2CC=C[C@@H]3S[C@]45C=CCN(c6ccc(N(CC)CC)cc6)C(=O)C4N(CCCCCO)C(=O)[C@@H]5[C@@H]3C2=O)cc1. The van der Waals surface area contributed by atoms with Gasteiger partial charge in [-0.3, -0.25) is 14.4 Å². The summed E-state index contributed by atoms with van der Waals surface area (Å²) in [6.45, 7) is 9.81. The maximum atomic E-state index is 14.8. The predicted molar refractivity (Wildman–Crippen MR) is 188 cm³/mol. The van der Waals surface area contributed by atoms with Gasteiger partial charge in [-0.15, -0.1) is 11.8 Å². The molecule has 1 unspecified atom stereocenters. The van der Waals surface area contributed by atoms with Crippen LogP contribution in [0.3, 0.4) is 0 Å². The van der Waals surface area contributed by atoms with Crippen LogP contribution in [0, 0.1) is 11.8 Å². The molecule has 10 heteroatoms. The van der Waals surface area contributed by atoms with Crippen molar-refractivity contribution in [2.75, 3.05) is 60.6 Å². The minimum atomic E-state index is -0.877. The first-order valence-corrected chi connectivity index (χ1v) is 17.9. The van der Waals surface area contributed by atoms with Crippen molar-refractivity contribution >= 4 is 46.5 Å². The molecule has 0 saturated carbocycles. The Morgan fingerprint density at radius 3 is 2.17 bits per heavy atom. The molecule has 1 N–H and O–H groups in total. The molecule has 2 fully saturated rings. The van der Waals surface area contributed by atoms with Gasteiger partial charge in [0.1, 0.15) is 11.8 Å². The average molecular weight is 659 g/mol. The lowest BCUT2D eigenvalue weighted by Crippen LogP contribution is -2.53. The van der Waals surface area contributed by atoms with Gasteiger partial charge in [-0.25, -0.2) is 0 Å². The molecule has 0 aliphatic carbocycles. The first kappa shape index (κ1) is 33.2. The van der Waals surface area contributed by atoms with Gasteiger partial charge >= 0.3 is 0 Å². The molecular formula is C37H46N4O5S. The molecule has 0 aromatic heterocycles. The number of nitrogens with zero attached hydrogens (tertiary/aromatic N) is 4. The second-order valence-electron chi connectivity index (χ2n) is 12.5. The van der Waals surface area contributed by atoms with E-state index in [0.717, 1.165) is 42.3 Å². The zero-order valence-corrected chi connectivity index (χ0v) is 28.4. The molecule has 4 aliphatic heterocycles. The molecule has 2 saturated heterocycles. The molecule has 2 aromatic rings. The normalized spacial score (nSPS) is 26.6. The molecule has 0 radical (unpaired) electrons. The summed E-state index contributed by atoms with van der Waals surface area (Å²) in [5, 5.41) is 9.15. The van der Waals surface area contributed by atoms with Gasteiger partial charge in [0.15, 0.2) is 0 Å². The van der Waals surface area contributed by atoms with Crippen LogP contribution < -0.4 is 19.4 Å². The molecule has 47 heavy (non-hydrogen) atoms. The maximum absolute atomic E-state index is 14.8. The van der Waals surface area contributed by atoms with Crippen LogP contribution in [0.2, 0.25) is 0 Å². The van der Waals surface area contributed by atoms with Crippen molar-refractivity contribution in [3.8, 4) is 5.75 Å². The number of thioether (sulfide) groups is 1. The molecule has 1 spiro atoms. The topological polar surface area (TPSA) is 93.6 Å². The quantitative estimate of drug-likeness (QED) is 0.256. The lowest BCUT2D eigenvalue weighted by Gasteiger charge is -2.35. The number of anilines is 3. The zero-order chi connectivity index (χ0) is 33.1. The number of fused-ring (bicyclic) bond motifs is 2. The van der Waals surface area contributed by atoms with Crippen molar-refractivity contribution in [1.29, 1.82) is 0 Å². The van der Waals surface area contributed by atoms with Crippen molar-refractivity contribution < 1.29 is 24.2 Å². The molecule has 3 amide bonds. The molecule has 250 valence electrons. The van der Waals surface area contributed by atoms with E-state index in [9.17, 15) is 19.5 Å². The Hall–Kier alpha value is -3.76. The first-order valence-electron chi connectivity index (χ1n) is 17.0. The second kappa shape index (κ2) is 14.2. The Morgan fingerprint density at radius 2 is 1.51 bits per heavy atom. The number of aliphatic hydroxyl groups is 1. The van der Waals surface area contributed by atoms with Crippen molar-refractivity contribution in [1.82, 2.24) is 4.90 Å². The highest BCUT2D eigenvalue weighted by Gasteiger charge is 2.71. The largest absolute Gasteiger partial charge is 0.494 e. The lowest BCUT2D eigenvalue weighted by atomic mass is 9.78. The molecular weight excluding hydrogens is 612 g/mol. The summed E-state index contributed by atoms with van der Waals surface area (Å²) in [6, 6.07) is 14.8. The van der Waals surface area contributed by atoms with E-state index in [0.29, 0.717) is 39.1 Å². The van der Waals surface area contributed by atoms with E-state index in [1.165, 1.54) is 0 Å². The number of hydrogen-bond acceptors (Lipinski definition) is 7. The summed E-state index contributed by atoms with van der Waals surface area (Å²) < 4.78 is 4.74. The van der Waals surface area contributed by atoms with Crippen LogP contribution in [0.15, 0.2) is 72.8 Å². The summed E-state index contributed by atoms with van der Waals surface area (Å²) in [7, 11) is 0. The third-order valence-corrected chi connectivity index (χ3v) is 11.7. The Bertz CT molecular complexity index is 1510. The van der Waals surface area contributed by atoms with Gasteiger partial charge < -0.3 is 29.4 Å². The second-order valence-corrected chi connectivity index (χ2v) is 14.0. The number of amides is 3. The number of carbonyl (C=O) groups excluding carboxylic acids is 3. The fourth-order valence-corrected chi connectivity index (χ4v) is 9.74.